The largest absolute Gasteiger partial charge is 0.435 e. The summed E-state index contributed by atoms with van der Waals surface area (Å²) in [5.74, 6) is -1.22. The van der Waals surface area contributed by atoms with E-state index in [2.05, 4.69) is 25.8 Å². The molecule has 0 fully saturated rings. The van der Waals surface area contributed by atoms with Crippen LogP contribution in [-0.2, 0) is 12.7 Å². The topological polar surface area (TPSA) is 122 Å². The van der Waals surface area contributed by atoms with E-state index in [0.717, 1.165) is 10.7 Å². The first-order valence-electron chi connectivity index (χ1n) is 8.04. The van der Waals surface area contributed by atoms with Gasteiger partial charge in [-0.05, 0) is 30.7 Å². The molecule has 0 aliphatic rings. The standard InChI is InChI=1S/C17H12F3N7O2/c1-10-6-13(17(18,19)20)25-27(10)9-14-23-16(29-26-14)15(28)24-22-8-12-4-2-11(7-21)3-5-12/h2-6,8H,9H2,1H3,(H,24,28)/b22-8-. The molecule has 2 heterocycles. The summed E-state index contributed by atoms with van der Waals surface area (Å²) in [6.07, 6.45) is -3.21. The number of aryl methyl sites for hydroxylation is 1. The highest BCUT2D eigenvalue weighted by atomic mass is 19.4. The Hall–Kier alpha value is -4.01. The molecule has 1 N–H and O–H groups in total. The molecule has 148 valence electrons. The average Bonchev–Trinajstić information content (AvgIpc) is 3.29. The maximum absolute atomic E-state index is 12.7. The summed E-state index contributed by atoms with van der Waals surface area (Å²) in [6, 6.07) is 9.34. The number of rotatable bonds is 5. The van der Waals surface area contributed by atoms with Gasteiger partial charge in [-0.2, -0.15) is 33.6 Å². The van der Waals surface area contributed by atoms with Crippen molar-refractivity contribution in [3.8, 4) is 6.07 Å². The molecule has 0 bridgehead atoms. The molecule has 0 aliphatic carbocycles. The monoisotopic (exact) mass is 403 g/mol. The second-order valence-electron chi connectivity index (χ2n) is 5.78. The van der Waals surface area contributed by atoms with E-state index in [1.807, 2.05) is 6.07 Å². The lowest BCUT2D eigenvalue weighted by Gasteiger charge is -2.01. The van der Waals surface area contributed by atoms with Crippen LogP contribution in [0.1, 0.15) is 39.0 Å². The minimum Gasteiger partial charge on any atom is -0.328 e. The Morgan fingerprint density at radius 1 is 1.38 bits per heavy atom. The van der Waals surface area contributed by atoms with Crippen LogP contribution in [0.25, 0.3) is 0 Å². The Morgan fingerprint density at radius 3 is 2.72 bits per heavy atom. The molecule has 3 rings (SSSR count). The van der Waals surface area contributed by atoms with E-state index in [1.165, 1.54) is 13.1 Å². The number of nitriles is 1. The molecule has 12 heteroatoms. The van der Waals surface area contributed by atoms with Gasteiger partial charge in [-0.3, -0.25) is 9.48 Å². The van der Waals surface area contributed by atoms with Gasteiger partial charge in [0.25, 0.3) is 0 Å². The molecular formula is C17H12F3N7O2. The maximum Gasteiger partial charge on any atom is 0.435 e. The van der Waals surface area contributed by atoms with Crippen molar-refractivity contribution >= 4 is 12.1 Å². The van der Waals surface area contributed by atoms with Gasteiger partial charge in [0, 0.05) is 5.69 Å². The van der Waals surface area contributed by atoms with Crippen LogP contribution in [0.5, 0.6) is 0 Å². The summed E-state index contributed by atoms with van der Waals surface area (Å²) in [5, 5.41) is 19.5. The normalized spacial score (nSPS) is 11.6. The zero-order valence-electron chi connectivity index (χ0n) is 14.8. The highest BCUT2D eigenvalue weighted by Gasteiger charge is 2.34. The third-order valence-electron chi connectivity index (χ3n) is 3.64. The van der Waals surface area contributed by atoms with E-state index < -0.39 is 23.7 Å². The summed E-state index contributed by atoms with van der Waals surface area (Å²) < 4.78 is 44.0. The lowest BCUT2D eigenvalue weighted by molar-refractivity contribution is -0.141. The molecular weight excluding hydrogens is 391 g/mol. The van der Waals surface area contributed by atoms with Gasteiger partial charge in [-0.1, -0.05) is 17.3 Å². The molecule has 3 aromatic rings. The minimum atomic E-state index is -4.56. The molecule has 0 radical (unpaired) electrons. The zero-order valence-corrected chi connectivity index (χ0v) is 14.8. The third-order valence-corrected chi connectivity index (χ3v) is 3.64. The molecule has 1 aromatic carbocycles. The fourth-order valence-electron chi connectivity index (χ4n) is 2.21. The van der Waals surface area contributed by atoms with Crippen LogP contribution in [0.3, 0.4) is 0 Å². The average molecular weight is 403 g/mol. The lowest BCUT2D eigenvalue weighted by atomic mass is 10.2. The van der Waals surface area contributed by atoms with Gasteiger partial charge in [0.15, 0.2) is 11.5 Å². The van der Waals surface area contributed by atoms with Crippen LogP contribution in [0.2, 0.25) is 0 Å². The van der Waals surface area contributed by atoms with Crippen LogP contribution in [-0.4, -0.2) is 32.0 Å². The predicted molar refractivity (Wildman–Crippen MR) is 91.6 cm³/mol. The molecule has 29 heavy (non-hydrogen) atoms. The quantitative estimate of drug-likeness (QED) is 0.515. The Balaban J connectivity index is 1.62. The van der Waals surface area contributed by atoms with Gasteiger partial charge >= 0.3 is 18.0 Å². The van der Waals surface area contributed by atoms with Gasteiger partial charge in [0.05, 0.1) is 17.8 Å². The molecule has 0 saturated carbocycles. The SMILES string of the molecule is Cc1cc(C(F)(F)F)nn1Cc1noc(C(=O)N/N=C\c2ccc(C#N)cc2)n1. The molecule has 0 saturated heterocycles. The highest BCUT2D eigenvalue weighted by molar-refractivity contribution is 5.90. The molecule has 0 unspecified atom stereocenters. The fourth-order valence-corrected chi connectivity index (χ4v) is 2.21. The second kappa shape index (κ2) is 7.93. The van der Waals surface area contributed by atoms with Crippen molar-refractivity contribution in [2.75, 3.05) is 0 Å². The number of benzene rings is 1. The van der Waals surface area contributed by atoms with Crippen LogP contribution < -0.4 is 5.43 Å². The zero-order chi connectivity index (χ0) is 21.0. The number of nitrogens with zero attached hydrogens (tertiary/aromatic N) is 6. The number of aromatic nitrogens is 4. The highest BCUT2D eigenvalue weighted by Crippen LogP contribution is 2.28. The number of carbonyl (C=O) groups excluding carboxylic acids is 1. The lowest BCUT2D eigenvalue weighted by Crippen LogP contribution is -2.18. The van der Waals surface area contributed by atoms with Gasteiger partial charge < -0.3 is 4.52 Å². The number of halogens is 3. The van der Waals surface area contributed by atoms with E-state index >= 15 is 0 Å². The number of nitrogens with one attached hydrogen (secondary N) is 1. The molecule has 0 spiro atoms. The van der Waals surface area contributed by atoms with Gasteiger partial charge in [0.2, 0.25) is 0 Å². The summed E-state index contributed by atoms with van der Waals surface area (Å²) in [6.45, 7) is 1.25. The molecule has 0 aliphatic heterocycles. The van der Waals surface area contributed by atoms with Gasteiger partial charge in [0.1, 0.15) is 6.54 Å². The summed E-state index contributed by atoms with van der Waals surface area (Å²) in [5.41, 5.74) is 2.53. The molecule has 1 amide bonds. The van der Waals surface area contributed by atoms with E-state index in [-0.39, 0.29) is 18.1 Å². The third kappa shape index (κ3) is 4.83. The van der Waals surface area contributed by atoms with Gasteiger partial charge in [-0.15, -0.1) is 0 Å². The van der Waals surface area contributed by atoms with Crippen molar-refractivity contribution in [1.82, 2.24) is 25.3 Å². The smallest absolute Gasteiger partial charge is 0.328 e. The number of carbonyl (C=O) groups is 1. The van der Waals surface area contributed by atoms with Crippen LogP contribution in [0.4, 0.5) is 13.2 Å². The maximum atomic E-state index is 12.7. The van der Waals surface area contributed by atoms with Crippen LogP contribution in [0, 0.1) is 18.3 Å². The Bertz CT molecular complexity index is 1090. The number of alkyl halides is 3. The first-order chi connectivity index (χ1) is 13.8. The predicted octanol–water partition coefficient (Wildman–Crippen LogP) is 2.28. The first-order valence-corrected chi connectivity index (χ1v) is 8.04. The summed E-state index contributed by atoms with van der Waals surface area (Å²) in [7, 11) is 0. The fraction of sp³-hybridized carbons (Fsp3) is 0.176. The minimum absolute atomic E-state index is 0.0221. The van der Waals surface area contributed by atoms with E-state index in [0.29, 0.717) is 11.1 Å². The Kier molecular flexibility index (Phi) is 5.40. The summed E-state index contributed by atoms with van der Waals surface area (Å²) >= 11 is 0. The van der Waals surface area contributed by atoms with Crippen molar-refractivity contribution in [3.05, 3.63) is 64.6 Å². The van der Waals surface area contributed by atoms with Crippen molar-refractivity contribution in [2.24, 2.45) is 5.10 Å². The molecule has 0 atom stereocenters. The van der Waals surface area contributed by atoms with Crippen molar-refractivity contribution < 1.29 is 22.5 Å². The number of hydrogen-bond acceptors (Lipinski definition) is 7. The number of hydrazone groups is 1. The molecule has 9 nitrogen and oxygen atoms in total. The van der Waals surface area contributed by atoms with Crippen molar-refractivity contribution in [2.45, 2.75) is 19.6 Å². The van der Waals surface area contributed by atoms with Crippen LogP contribution >= 0.6 is 0 Å². The second-order valence-corrected chi connectivity index (χ2v) is 5.78. The van der Waals surface area contributed by atoms with Crippen molar-refractivity contribution in [3.63, 3.8) is 0 Å². The van der Waals surface area contributed by atoms with E-state index in [9.17, 15) is 18.0 Å². The van der Waals surface area contributed by atoms with E-state index in [4.69, 9.17) is 9.78 Å². The number of amides is 1. The van der Waals surface area contributed by atoms with Crippen molar-refractivity contribution in [1.29, 1.82) is 5.26 Å². The van der Waals surface area contributed by atoms with Gasteiger partial charge in [-0.25, -0.2) is 5.43 Å². The summed E-state index contributed by atoms with van der Waals surface area (Å²) in [4.78, 5) is 15.8. The van der Waals surface area contributed by atoms with E-state index in [1.54, 1.807) is 24.3 Å². The molecule has 2 aromatic heterocycles. The van der Waals surface area contributed by atoms with Crippen LogP contribution in [0.15, 0.2) is 40.0 Å². The Morgan fingerprint density at radius 2 is 2.10 bits per heavy atom. The first kappa shape index (κ1) is 19.7. The Labute approximate surface area is 161 Å². The number of hydrogen-bond donors (Lipinski definition) is 1.